The quantitative estimate of drug-likeness (QED) is 0.286. The second kappa shape index (κ2) is 8.39. The summed E-state index contributed by atoms with van der Waals surface area (Å²) in [5.74, 6) is 0.584. The summed E-state index contributed by atoms with van der Waals surface area (Å²) in [6.07, 6.45) is 1.02. The van der Waals surface area contributed by atoms with E-state index in [-0.39, 0.29) is 12.4 Å². The van der Waals surface area contributed by atoms with E-state index in [1.165, 1.54) is 7.11 Å². The van der Waals surface area contributed by atoms with Crippen molar-refractivity contribution in [3.05, 3.63) is 29.3 Å². The van der Waals surface area contributed by atoms with E-state index in [1.54, 1.807) is 6.07 Å². The van der Waals surface area contributed by atoms with Gasteiger partial charge in [0.2, 0.25) is 0 Å². The molecular weight excluding hydrogens is 258 g/mol. The number of nitrogens with zero attached hydrogens (tertiary/aromatic N) is 2. The summed E-state index contributed by atoms with van der Waals surface area (Å²) in [7, 11) is 1.54. The van der Waals surface area contributed by atoms with Crippen molar-refractivity contribution in [3.8, 4) is 5.75 Å². The Bertz CT molecular complexity index is 443. The molecule has 0 bridgehead atoms. The minimum absolute atomic E-state index is 0.0212. The number of aliphatic hydroxyl groups is 1. The van der Waals surface area contributed by atoms with Gasteiger partial charge in [-0.25, -0.2) is 0 Å². The lowest BCUT2D eigenvalue weighted by atomic mass is 10.1. The van der Waals surface area contributed by atoms with Gasteiger partial charge in [-0.1, -0.05) is 18.1 Å². The third kappa shape index (κ3) is 4.40. The summed E-state index contributed by atoms with van der Waals surface area (Å²) in [6.45, 7) is 4.46. The SMILES string of the molecule is CCCN(CCO)Cc1ccc(OC)c(C(N)=NO)c1. The number of oxime groups is 1. The molecule has 6 nitrogen and oxygen atoms in total. The summed E-state index contributed by atoms with van der Waals surface area (Å²) in [4.78, 5) is 2.15. The predicted octanol–water partition coefficient (Wildman–Crippen LogP) is 0.994. The van der Waals surface area contributed by atoms with Gasteiger partial charge in [-0.2, -0.15) is 0 Å². The zero-order valence-corrected chi connectivity index (χ0v) is 12.0. The number of hydrogen-bond acceptors (Lipinski definition) is 5. The largest absolute Gasteiger partial charge is 0.496 e. The van der Waals surface area contributed by atoms with Crippen LogP contribution in [-0.2, 0) is 6.54 Å². The van der Waals surface area contributed by atoms with E-state index in [9.17, 15) is 0 Å². The molecule has 0 amide bonds. The molecule has 0 radical (unpaired) electrons. The minimum Gasteiger partial charge on any atom is -0.496 e. The molecule has 1 aromatic rings. The number of amidine groups is 1. The highest BCUT2D eigenvalue weighted by atomic mass is 16.5. The van der Waals surface area contributed by atoms with Gasteiger partial charge in [0.05, 0.1) is 19.3 Å². The maximum Gasteiger partial charge on any atom is 0.173 e. The van der Waals surface area contributed by atoms with E-state index in [1.807, 2.05) is 12.1 Å². The van der Waals surface area contributed by atoms with Crippen LogP contribution in [-0.4, -0.2) is 47.9 Å². The van der Waals surface area contributed by atoms with Crippen LogP contribution in [0.2, 0.25) is 0 Å². The van der Waals surface area contributed by atoms with Crippen molar-refractivity contribution in [1.29, 1.82) is 0 Å². The van der Waals surface area contributed by atoms with Crippen LogP contribution in [0.1, 0.15) is 24.5 Å². The lowest BCUT2D eigenvalue weighted by Crippen LogP contribution is -2.27. The number of hydrogen-bond donors (Lipinski definition) is 3. The Balaban J connectivity index is 2.95. The zero-order chi connectivity index (χ0) is 15.0. The van der Waals surface area contributed by atoms with Gasteiger partial charge in [0.25, 0.3) is 0 Å². The first-order valence-corrected chi connectivity index (χ1v) is 6.64. The first-order chi connectivity index (χ1) is 9.65. The molecule has 0 saturated carbocycles. The standard InChI is InChI=1S/C14H23N3O3/c1-3-6-17(7-8-18)10-11-4-5-13(20-2)12(9-11)14(15)16-19/h4-5,9,18-19H,3,6-8,10H2,1-2H3,(H2,15,16). The van der Waals surface area contributed by atoms with Gasteiger partial charge in [-0.05, 0) is 30.7 Å². The van der Waals surface area contributed by atoms with E-state index in [0.29, 0.717) is 24.4 Å². The average Bonchev–Trinajstić information content (AvgIpc) is 2.47. The molecule has 0 saturated heterocycles. The molecule has 0 unspecified atom stereocenters. The third-order valence-electron chi connectivity index (χ3n) is 3.01. The smallest absolute Gasteiger partial charge is 0.173 e. The fourth-order valence-electron chi connectivity index (χ4n) is 2.09. The molecule has 0 aromatic heterocycles. The summed E-state index contributed by atoms with van der Waals surface area (Å²) in [5, 5.41) is 20.9. The highest BCUT2D eigenvalue weighted by Gasteiger charge is 2.11. The van der Waals surface area contributed by atoms with Gasteiger partial charge in [0, 0.05) is 13.1 Å². The molecule has 1 rings (SSSR count). The topological polar surface area (TPSA) is 91.3 Å². The molecule has 0 aliphatic carbocycles. The Morgan fingerprint density at radius 3 is 2.70 bits per heavy atom. The Morgan fingerprint density at radius 2 is 2.15 bits per heavy atom. The van der Waals surface area contributed by atoms with Gasteiger partial charge < -0.3 is 20.8 Å². The Kier molecular flexibility index (Phi) is 6.83. The van der Waals surface area contributed by atoms with Gasteiger partial charge in [-0.3, -0.25) is 4.90 Å². The molecule has 6 heteroatoms. The van der Waals surface area contributed by atoms with Crippen molar-refractivity contribution in [2.75, 3.05) is 26.8 Å². The van der Waals surface area contributed by atoms with Crippen molar-refractivity contribution in [2.24, 2.45) is 10.9 Å². The van der Waals surface area contributed by atoms with E-state index >= 15 is 0 Å². The molecule has 20 heavy (non-hydrogen) atoms. The zero-order valence-electron chi connectivity index (χ0n) is 12.0. The van der Waals surface area contributed by atoms with Crippen molar-refractivity contribution in [1.82, 2.24) is 4.90 Å². The number of aliphatic hydroxyl groups excluding tert-OH is 1. The first kappa shape index (κ1) is 16.3. The van der Waals surface area contributed by atoms with E-state index in [4.69, 9.17) is 20.8 Å². The number of nitrogens with two attached hydrogens (primary N) is 1. The molecule has 0 spiro atoms. The van der Waals surface area contributed by atoms with Crippen molar-refractivity contribution < 1.29 is 15.1 Å². The van der Waals surface area contributed by atoms with Crippen molar-refractivity contribution in [3.63, 3.8) is 0 Å². The van der Waals surface area contributed by atoms with Crippen LogP contribution >= 0.6 is 0 Å². The van der Waals surface area contributed by atoms with Gasteiger partial charge in [-0.15, -0.1) is 0 Å². The number of benzene rings is 1. The molecule has 112 valence electrons. The van der Waals surface area contributed by atoms with E-state index in [0.717, 1.165) is 18.5 Å². The lowest BCUT2D eigenvalue weighted by Gasteiger charge is -2.21. The summed E-state index contributed by atoms with van der Waals surface area (Å²) in [5.41, 5.74) is 7.24. The number of ether oxygens (including phenoxy) is 1. The second-order valence-corrected chi connectivity index (χ2v) is 4.52. The fraction of sp³-hybridized carbons (Fsp3) is 0.500. The average molecular weight is 281 g/mol. The second-order valence-electron chi connectivity index (χ2n) is 4.52. The van der Waals surface area contributed by atoms with Crippen LogP contribution in [0.25, 0.3) is 0 Å². The van der Waals surface area contributed by atoms with Gasteiger partial charge in [0.15, 0.2) is 5.84 Å². The highest BCUT2D eigenvalue weighted by molar-refractivity contribution is 5.99. The normalized spacial score (nSPS) is 11.9. The van der Waals surface area contributed by atoms with Crippen LogP contribution in [0, 0.1) is 0 Å². The number of methoxy groups -OCH3 is 1. The molecule has 0 atom stereocenters. The van der Waals surface area contributed by atoms with Crippen molar-refractivity contribution >= 4 is 5.84 Å². The maximum absolute atomic E-state index is 9.07. The molecule has 0 aliphatic heterocycles. The minimum atomic E-state index is 0.0212. The lowest BCUT2D eigenvalue weighted by molar-refractivity contribution is 0.190. The Hall–Kier alpha value is -1.79. The summed E-state index contributed by atoms with van der Waals surface area (Å²) < 4.78 is 5.20. The summed E-state index contributed by atoms with van der Waals surface area (Å²) in [6, 6.07) is 5.58. The third-order valence-corrected chi connectivity index (χ3v) is 3.01. The monoisotopic (exact) mass is 281 g/mol. The molecule has 0 aliphatic rings. The van der Waals surface area contributed by atoms with Gasteiger partial charge >= 0.3 is 0 Å². The van der Waals surface area contributed by atoms with E-state index in [2.05, 4.69) is 17.0 Å². The molecule has 0 fully saturated rings. The maximum atomic E-state index is 9.07. The molecule has 4 N–H and O–H groups in total. The summed E-state index contributed by atoms with van der Waals surface area (Å²) >= 11 is 0. The highest BCUT2D eigenvalue weighted by Crippen LogP contribution is 2.20. The number of rotatable bonds is 8. The predicted molar refractivity (Wildman–Crippen MR) is 78.2 cm³/mol. The van der Waals surface area contributed by atoms with Crippen LogP contribution in [0.5, 0.6) is 5.75 Å². The Labute approximate surface area is 119 Å². The molecule has 0 heterocycles. The van der Waals surface area contributed by atoms with Crippen molar-refractivity contribution in [2.45, 2.75) is 19.9 Å². The van der Waals surface area contributed by atoms with Crippen LogP contribution in [0.4, 0.5) is 0 Å². The van der Waals surface area contributed by atoms with Gasteiger partial charge in [0.1, 0.15) is 5.75 Å². The van der Waals surface area contributed by atoms with Crippen LogP contribution in [0.15, 0.2) is 23.4 Å². The Morgan fingerprint density at radius 1 is 1.40 bits per heavy atom. The van der Waals surface area contributed by atoms with E-state index < -0.39 is 0 Å². The molecular formula is C14H23N3O3. The van der Waals surface area contributed by atoms with Crippen LogP contribution < -0.4 is 10.5 Å². The van der Waals surface area contributed by atoms with Crippen LogP contribution in [0.3, 0.4) is 0 Å². The fourth-order valence-corrected chi connectivity index (χ4v) is 2.09. The molecule has 1 aromatic carbocycles. The first-order valence-electron chi connectivity index (χ1n) is 6.64.